The van der Waals surface area contributed by atoms with Gasteiger partial charge in [-0.3, -0.25) is 0 Å². The lowest BCUT2D eigenvalue weighted by molar-refractivity contribution is 0.534. The SMILES string of the molecule is CCC1C=CCC(N)C(C)/C=C\1. The summed E-state index contributed by atoms with van der Waals surface area (Å²) in [6.45, 7) is 4.40. The molecule has 0 spiro atoms. The van der Waals surface area contributed by atoms with E-state index in [9.17, 15) is 0 Å². The van der Waals surface area contributed by atoms with Crippen molar-refractivity contribution in [1.29, 1.82) is 0 Å². The molecule has 0 bridgehead atoms. The molecule has 68 valence electrons. The third-order valence-electron chi connectivity index (χ3n) is 2.60. The maximum Gasteiger partial charge on any atom is 0.0134 e. The normalized spacial score (nSPS) is 38.8. The lowest BCUT2D eigenvalue weighted by Crippen LogP contribution is -2.26. The van der Waals surface area contributed by atoms with Crippen LogP contribution in [-0.4, -0.2) is 6.04 Å². The first kappa shape index (κ1) is 9.53. The van der Waals surface area contributed by atoms with E-state index in [1.165, 1.54) is 6.42 Å². The molecule has 1 aliphatic rings. The van der Waals surface area contributed by atoms with Gasteiger partial charge in [-0.1, -0.05) is 38.2 Å². The van der Waals surface area contributed by atoms with Crippen LogP contribution in [0.15, 0.2) is 24.3 Å². The van der Waals surface area contributed by atoms with E-state index in [1.807, 2.05) is 0 Å². The summed E-state index contributed by atoms with van der Waals surface area (Å²) < 4.78 is 0. The fraction of sp³-hybridized carbons (Fsp3) is 0.636. The molecule has 0 aromatic heterocycles. The Balaban J connectivity index is 2.62. The minimum absolute atomic E-state index is 0.301. The summed E-state index contributed by atoms with van der Waals surface area (Å²) in [5.41, 5.74) is 5.93. The predicted octanol–water partition coefficient (Wildman–Crippen LogP) is 2.49. The van der Waals surface area contributed by atoms with Crippen LogP contribution >= 0.6 is 0 Å². The average Bonchev–Trinajstić information content (AvgIpc) is 2.07. The zero-order valence-electron chi connectivity index (χ0n) is 8.03. The molecule has 0 aromatic rings. The first-order valence-electron chi connectivity index (χ1n) is 4.84. The number of hydrogen-bond donors (Lipinski definition) is 1. The maximum atomic E-state index is 5.93. The van der Waals surface area contributed by atoms with Gasteiger partial charge < -0.3 is 5.73 Å². The highest BCUT2D eigenvalue weighted by atomic mass is 14.6. The van der Waals surface area contributed by atoms with Gasteiger partial charge in [0.05, 0.1) is 0 Å². The van der Waals surface area contributed by atoms with Crippen molar-refractivity contribution < 1.29 is 0 Å². The monoisotopic (exact) mass is 165 g/mol. The summed E-state index contributed by atoms with van der Waals surface area (Å²) in [5, 5.41) is 0. The summed E-state index contributed by atoms with van der Waals surface area (Å²) in [4.78, 5) is 0. The molecule has 3 unspecified atom stereocenters. The van der Waals surface area contributed by atoms with Gasteiger partial charge in [0.2, 0.25) is 0 Å². The zero-order chi connectivity index (χ0) is 8.97. The number of allylic oxidation sites excluding steroid dienone is 2. The third kappa shape index (κ3) is 2.49. The van der Waals surface area contributed by atoms with Crippen LogP contribution in [0.5, 0.6) is 0 Å². The molecule has 1 heteroatoms. The van der Waals surface area contributed by atoms with Crippen molar-refractivity contribution in [3.8, 4) is 0 Å². The van der Waals surface area contributed by atoms with Crippen molar-refractivity contribution in [2.75, 3.05) is 0 Å². The summed E-state index contributed by atoms with van der Waals surface area (Å²) in [7, 11) is 0. The van der Waals surface area contributed by atoms with Crippen molar-refractivity contribution in [3.05, 3.63) is 24.3 Å². The molecule has 0 radical (unpaired) electrons. The van der Waals surface area contributed by atoms with Gasteiger partial charge in [0, 0.05) is 6.04 Å². The Hall–Kier alpha value is -0.560. The smallest absolute Gasteiger partial charge is 0.0134 e. The Morgan fingerprint density at radius 2 is 2.08 bits per heavy atom. The Morgan fingerprint density at radius 1 is 1.33 bits per heavy atom. The minimum Gasteiger partial charge on any atom is -0.327 e. The Labute approximate surface area is 75.3 Å². The van der Waals surface area contributed by atoms with Crippen LogP contribution < -0.4 is 5.73 Å². The molecule has 0 saturated heterocycles. The summed E-state index contributed by atoms with van der Waals surface area (Å²) in [5.74, 6) is 1.14. The second-order valence-electron chi connectivity index (χ2n) is 3.64. The van der Waals surface area contributed by atoms with Crippen molar-refractivity contribution in [2.24, 2.45) is 17.6 Å². The molecule has 0 heterocycles. The third-order valence-corrected chi connectivity index (χ3v) is 2.60. The van der Waals surface area contributed by atoms with Crippen LogP contribution in [0.25, 0.3) is 0 Å². The molecule has 0 fully saturated rings. The van der Waals surface area contributed by atoms with E-state index in [2.05, 4.69) is 38.2 Å². The van der Waals surface area contributed by atoms with Crippen LogP contribution in [0.1, 0.15) is 26.7 Å². The molecule has 12 heavy (non-hydrogen) atoms. The maximum absolute atomic E-state index is 5.93. The van der Waals surface area contributed by atoms with E-state index in [-0.39, 0.29) is 0 Å². The first-order valence-corrected chi connectivity index (χ1v) is 4.84. The highest BCUT2D eigenvalue weighted by Crippen LogP contribution is 2.16. The van der Waals surface area contributed by atoms with Crippen LogP contribution in [0.2, 0.25) is 0 Å². The molecular formula is C11H19N. The van der Waals surface area contributed by atoms with E-state index < -0.39 is 0 Å². The molecule has 0 aliphatic heterocycles. The molecule has 1 aliphatic carbocycles. The van der Waals surface area contributed by atoms with Gasteiger partial charge in [-0.15, -0.1) is 0 Å². The standard InChI is InChI=1S/C11H19N/c1-3-10-5-4-6-11(12)9(2)7-8-10/h4-5,7-11H,3,6,12H2,1-2H3/b5-4?,8-7-. The molecule has 3 atom stereocenters. The quantitative estimate of drug-likeness (QED) is 0.593. The van der Waals surface area contributed by atoms with E-state index in [0.29, 0.717) is 17.9 Å². The summed E-state index contributed by atoms with van der Waals surface area (Å²) in [6, 6.07) is 0.301. The molecular weight excluding hydrogens is 146 g/mol. The number of hydrogen-bond acceptors (Lipinski definition) is 1. The highest BCUT2D eigenvalue weighted by molar-refractivity contribution is 5.06. The van der Waals surface area contributed by atoms with Crippen molar-refractivity contribution in [2.45, 2.75) is 32.7 Å². The predicted molar refractivity (Wildman–Crippen MR) is 53.8 cm³/mol. The van der Waals surface area contributed by atoms with Crippen LogP contribution in [0.4, 0.5) is 0 Å². The Kier molecular flexibility index (Phi) is 3.54. The summed E-state index contributed by atoms with van der Waals surface area (Å²) in [6.07, 6.45) is 11.2. The van der Waals surface area contributed by atoms with Crippen LogP contribution in [-0.2, 0) is 0 Å². The lowest BCUT2D eigenvalue weighted by Gasteiger charge is -2.18. The second kappa shape index (κ2) is 4.46. The topological polar surface area (TPSA) is 26.0 Å². The summed E-state index contributed by atoms with van der Waals surface area (Å²) >= 11 is 0. The van der Waals surface area contributed by atoms with Gasteiger partial charge in [0.1, 0.15) is 0 Å². The highest BCUT2D eigenvalue weighted by Gasteiger charge is 2.10. The average molecular weight is 165 g/mol. The van der Waals surface area contributed by atoms with E-state index >= 15 is 0 Å². The lowest BCUT2D eigenvalue weighted by atomic mass is 9.93. The fourth-order valence-corrected chi connectivity index (χ4v) is 1.42. The molecule has 0 aromatic carbocycles. The van der Waals surface area contributed by atoms with Gasteiger partial charge in [-0.25, -0.2) is 0 Å². The molecule has 1 nitrogen and oxygen atoms in total. The first-order chi connectivity index (χ1) is 5.74. The minimum atomic E-state index is 0.301. The van der Waals surface area contributed by atoms with Gasteiger partial charge >= 0.3 is 0 Å². The van der Waals surface area contributed by atoms with Crippen molar-refractivity contribution in [3.63, 3.8) is 0 Å². The largest absolute Gasteiger partial charge is 0.327 e. The van der Waals surface area contributed by atoms with Crippen molar-refractivity contribution in [1.82, 2.24) is 0 Å². The second-order valence-corrected chi connectivity index (χ2v) is 3.64. The molecule has 0 saturated carbocycles. The fourth-order valence-electron chi connectivity index (χ4n) is 1.42. The van der Waals surface area contributed by atoms with Gasteiger partial charge in [0.15, 0.2) is 0 Å². The number of rotatable bonds is 1. The van der Waals surface area contributed by atoms with Gasteiger partial charge in [-0.2, -0.15) is 0 Å². The van der Waals surface area contributed by atoms with Gasteiger partial charge in [0.25, 0.3) is 0 Å². The van der Waals surface area contributed by atoms with Crippen molar-refractivity contribution >= 4 is 0 Å². The van der Waals surface area contributed by atoms with E-state index in [0.717, 1.165) is 6.42 Å². The molecule has 0 amide bonds. The Morgan fingerprint density at radius 3 is 2.75 bits per heavy atom. The van der Waals surface area contributed by atoms with Gasteiger partial charge in [-0.05, 0) is 24.7 Å². The number of nitrogens with two attached hydrogens (primary N) is 1. The van der Waals surface area contributed by atoms with Crippen LogP contribution in [0, 0.1) is 11.8 Å². The Bertz CT molecular complexity index is 181. The molecule has 2 N–H and O–H groups in total. The van der Waals surface area contributed by atoms with E-state index in [1.54, 1.807) is 0 Å². The van der Waals surface area contributed by atoms with E-state index in [4.69, 9.17) is 5.73 Å². The van der Waals surface area contributed by atoms with Crippen LogP contribution in [0.3, 0.4) is 0 Å². The zero-order valence-corrected chi connectivity index (χ0v) is 8.03. The molecule has 1 rings (SSSR count).